The maximum absolute atomic E-state index is 5.89. The minimum atomic E-state index is 0.160. The topological polar surface area (TPSA) is 69.6 Å². The normalized spacial score (nSPS) is 15.6. The molecule has 1 saturated carbocycles. The number of nitrogen functional groups attached to an aromatic ring is 1. The highest BCUT2D eigenvalue weighted by Crippen LogP contribution is 2.44. The minimum absolute atomic E-state index is 0.160. The van der Waals surface area contributed by atoms with Crippen molar-refractivity contribution in [3.63, 3.8) is 0 Å². The van der Waals surface area contributed by atoms with Crippen molar-refractivity contribution in [1.29, 1.82) is 0 Å². The molecule has 1 aliphatic rings. The molecule has 1 aliphatic carbocycles. The summed E-state index contributed by atoms with van der Waals surface area (Å²) in [5, 5.41) is 3.09. The maximum Gasteiger partial charge on any atom is 0.191 e. The highest BCUT2D eigenvalue weighted by Gasteiger charge is 2.27. The molecule has 1 fully saturated rings. The van der Waals surface area contributed by atoms with Crippen molar-refractivity contribution >= 4 is 40.2 Å². The van der Waals surface area contributed by atoms with Crippen molar-refractivity contribution in [2.24, 2.45) is 7.05 Å². The van der Waals surface area contributed by atoms with Crippen LogP contribution in [0.15, 0.2) is 34.7 Å². The zero-order valence-electron chi connectivity index (χ0n) is 14.6. The van der Waals surface area contributed by atoms with Crippen molar-refractivity contribution in [1.82, 2.24) is 19.5 Å². The molecule has 3 aromatic rings. The zero-order chi connectivity index (χ0) is 17.6. The molecule has 0 aromatic carbocycles. The molecule has 2 N–H and O–H groups in total. The summed E-state index contributed by atoms with van der Waals surface area (Å²) in [5.41, 5.74) is 9.61. The average Bonchev–Trinajstić information content (AvgIpc) is 3.38. The Hall–Kier alpha value is -1.73. The van der Waals surface area contributed by atoms with Crippen LogP contribution in [0.25, 0.3) is 10.9 Å². The molecular weight excluding hydrogens is 350 g/mol. The first-order valence-electron chi connectivity index (χ1n) is 8.35. The molecule has 0 aliphatic heterocycles. The number of nitrogens with two attached hydrogens (primary N) is 1. The summed E-state index contributed by atoms with van der Waals surface area (Å²) in [7, 11) is 2.10. The molecule has 1 atom stereocenters. The van der Waals surface area contributed by atoms with Crippen LogP contribution in [-0.2, 0) is 7.05 Å². The Balaban J connectivity index is 1.64. The standard InChI is InChI=1S/C18H21N5S2/c1-10(25-18-21-16(19)7-17(22-18)24-3)14-6-12-13(11-4-5-11)9-23(2)15(12)8-20-14/h6-11H,4-5H2,1-3H3,(H2,19,21,22). The van der Waals surface area contributed by atoms with Gasteiger partial charge in [0.25, 0.3) is 0 Å². The van der Waals surface area contributed by atoms with E-state index < -0.39 is 0 Å². The largest absolute Gasteiger partial charge is 0.384 e. The van der Waals surface area contributed by atoms with E-state index in [9.17, 15) is 0 Å². The number of pyridine rings is 1. The Kier molecular flexibility index (Phi) is 4.37. The number of hydrogen-bond acceptors (Lipinski definition) is 6. The summed E-state index contributed by atoms with van der Waals surface area (Å²) >= 11 is 3.17. The minimum Gasteiger partial charge on any atom is -0.384 e. The number of fused-ring (bicyclic) bond motifs is 1. The summed E-state index contributed by atoms with van der Waals surface area (Å²) in [6.07, 6.45) is 8.84. The van der Waals surface area contributed by atoms with Crippen LogP contribution in [0.4, 0.5) is 5.82 Å². The molecule has 0 bridgehead atoms. The first-order chi connectivity index (χ1) is 12.0. The van der Waals surface area contributed by atoms with Gasteiger partial charge in [0.2, 0.25) is 0 Å². The Morgan fingerprint density at radius 2 is 2.08 bits per heavy atom. The predicted molar refractivity (Wildman–Crippen MR) is 105 cm³/mol. The van der Waals surface area contributed by atoms with Crippen molar-refractivity contribution < 1.29 is 0 Å². The summed E-state index contributed by atoms with van der Waals surface area (Å²) in [6.45, 7) is 2.14. The molecule has 3 heterocycles. The van der Waals surface area contributed by atoms with Gasteiger partial charge in [-0.15, -0.1) is 11.8 Å². The van der Waals surface area contributed by atoms with Gasteiger partial charge in [0, 0.05) is 24.7 Å². The molecule has 0 saturated heterocycles. The van der Waals surface area contributed by atoms with Gasteiger partial charge in [0.1, 0.15) is 10.8 Å². The van der Waals surface area contributed by atoms with Crippen LogP contribution in [0.3, 0.4) is 0 Å². The van der Waals surface area contributed by atoms with Gasteiger partial charge < -0.3 is 10.3 Å². The average molecular weight is 372 g/mol. The third kappa shape index (κ3) is 3.35. The van der Waals surface area contributed by atoms with Crippen LogP contribution >= 0.6 is 23.5 Å². The van der Waals surface area contributed by atoms with Gasteiger partial charge in [-0.1, -0.05) is 11.8 Å². The van der Waals surface area contributed by atoms with E-state index in [0.717, 1.165) is 16.6 Å². The van der Waals surface area contributed by atoms with Crippen molar-refractivity contribution in [3.05, 3.63) is 35.8 Å². The number of anilines is 1. The summed E-state index contributed by atoms with van der Waals surface area (Å²) in [6, 6.07) is 4.04. The molecule has 5 nitrogen and oxygen atoms in total. The smallest absolute Gasteiger partial charge is 0.191 e. The molecule has 3 aromatic heterocycles. The number of thioether (sulfide) groups is 2. The van der Waals surface area contributed by atoms with E-state index in [0.29, 0.717) is 11.0 Å². The van der Waals surface area contributed by atoms with Crippen LogP contribution in [-0.4, -0.2) is 25.8 Å². The van der Waals surface area contributed by atoms with E-state index in [2.05, 4.69) is 45.8 Å². The van der Waals surface area contributed by atoms with Crippen molar-refractivity contribution in [2.45, 2.75) is 41.1 Å². The number of aryl methyl sites for hydroxylation is 1. The van der Waals surface area contributed by atoms with Crippen molar-refractivity contribution in [2.75, 3.05) is 12.0 Å². The Morgan fingerprint density at radius 3 is 2.80 bits per heavy atom. The SMILES string of the molecule is CSc1cc(N)nc(SC(C)c2cc3c(C4CC4)cn(C)c3cn2)n1. The molecule has 0 amide bonds. The van der Waals surface area contributed by atoms with E-state index in [1.54, 1.807) is 29.6 Å². The van der Waals surface area contributed by atoms with E-state index in [1.807, 2.05) is 12.5 Å². The fourth-order valence-electron chi connectivity index (χ4n) is 3.06. The van der Waals surface area contributed by atoms with Gasteiger partial charge >= 0.3 is 0 Å². The molecule has 1 unspecified atom stereocenters. The third-order valence-corrected chi connectivity index (χ3v) is 6.17. The fraction of sp³-hybridized carbons (Fsp3) is 0.389. The van der Waals surface area contributed by atoms with Gasteiger partial charge in [-0.2, -0.15) is 0 Å². The molecule has 4 rings (SSSR count). The molecule has 0 radical (unpaired) electrons. The lowest BCUT2D eigenvalue weighted by Gasteiger charge is -2.11. The molecule has 0 spiro atoms. The lowest BCUT2D eigenvalue weighted by atomic mass is 10.1. The van der Waals surface area contributed by atoms with E-state index in [1.165, 1.54) is 29.3 Å². The van der Waals surface area contributed by atoms with Crippen LogP contribution in [0, 0.1) is 0 Å². The Labute approximate surface area is 155 Å². The fourth-order valence-corrected chi connectivity index (χ4v) is 4.41. The number of aromatic nitrogens is 4. The number of rotatable bonds is 5. The summed E-state index contributed by atoms with van der Waals surface area (Å²) in [4.78, 5) is 13.6. The quantitative estimate of drug-likeness (QED) is 0.407. The number of nitrogens with zero attached hydrogens (tertiary/aromatic N) is 4. The second kappa shape index (κ2) is 6.53. The Bertz CT molecular complexity index is 933. The van der Waals surface area contributed by atoms with Gasteiger partial charge in [0.05, 0.1) is 22.7 Å². The molecule has 25 heavy (non-hydrogen) atoms. The first kappa shape index (κ1) is 16.7. The molecule has 130 valence electrons. The van der Waals surface area contributed by atoms with Crippen LogP contribution in [0.1, 0.15) is 42.2 Å². The first-order valence-corrected chi connectivity index (χ1v) is 10.5. The maximum atomic E-state index is 5.89. The lowest BCUT2D eigenvalue weighted by molar-refractivity contribution is 0.888. The van der Waals surface area contributed by atoms with Crippen LogP contribution in [0.5, 0.6) is 0 Å². The van der Waals surface area contributed by atoms with Gasteiger partial charge in [0.15, 0.2) is 5.16 Å². The van der Waals surface area contributed by atoms with E-state index in [-0.39, 0.29) is 5.25 Å². The summed E-state index contributed by atoms with van der Waals surface area (Å²) < 4.78 is 2.18. The highest BCUT2D eigenvalue weighted by molar-refractivity contribution is 7.99. The van der Waals surface area contributed by atoms with Gasteiger partial charge in [-0.05, 0) is 43.6 Å². The monoisotopic (exact) mass is 371 g/mol. The van der Waals surface area contributed by atoms with Crippen LogP contribution in [0.2, 0.25) is 0 Å². The summed E-state index contributed by atoms with van der Waals surface area (Å²) in [5.74, 6) is 1.24. The zero-order valence-corrected chi connectivity index (χ0v) is 16.2. The molecule has 7 heteroatoms. The van der Waals surface area contributed by atoms with E-state index in [4.69, 9.17) is 5.73 Å². The highest BCUT2D eigenvalue weighted by atomic mass is 32.2. The second-order valence-electron chi connectivity index (χ2n) is 6.47. The lowest BCUT2D eigenvalue weighted by Crippen LogP contribution is -1.99. The third-order valence-electron chi connectivity index (χ3n) is 4.55. The van der Waals surface area contributed by atoms with Crippen LogP contribution < -0.4 is 5.73 Å². The second-order valence-corrected chi connectivity index (χ2v) is 8.61. The van der Waals surface area contributed by atoms with Gasteiger partial charge in [-0.3, -0.25) is 4.98 Å². The molecular formula is C18H21N5S2. The Morgan fingerprint density at radius 1 is 1.28 bits per heavy atom. The predicted octanol–water partition coefficient (Wildman–Crippen LogP) is 4.40. The van der Waals surface area contributed by atoms with E-state index >= 15 is 0 Å². The van der Waals surface area contributed by atoms with Crippen molar-refractivity contribution in [3.8, 4) is 0 Å². The number of hydrogen-bond donors (Lipinski definition) is 1. The van der Waals surface area contributed by atoms with Gasteiger partial charge in [-0.25, -0.2) is 9.97 Å².